The molecule has 4 nitrogen and oxygen atoms in total. The molecular formula is C15H14ClNO3. The third-order valence-corrected chi connectivity index (χ3v) is 3.24. The fourth-order valence-electron chi connectivity index (χ4n) is 2.09. The van der Waals surface area contributed by atoms with Crippen LogP contribution in [0.1, 0.15) is 11.1 Å². The molecule has 0 radical (unpaired) electrons. The van der Waals surface area contributed by atoms with Gasteiger partial charge in [0.1, 0.15) is 18.1 Å². The first-order valence-electron chi connectivity index (χ1n) is 6.22. The van der Waals surface area contributed by atoms with Crippen molar-refractivity contribution in [1.29, 1.82) is 0 Å². The van der Waals surface area contributed by atoms with Crippen LogP contribution in [0.15, 0.2) is 36.4 Å². The quantitative estimate of drug-likeness (QED) is 0.881. The smallest absolute Gasteiger partial charge is 0.189 e. The van der Waals surface area contributed by atoms with Crippen molar-refractivity contribution in [3.63, 3.8) is 0 Å². The standard InChI is InChI=1S/C15H14ClNO3/c16-12-5-10-7-18-9-20-15(10)11(6-12)8-19-14-3-1-13(17)2-4-14/h1-6H,7-9,17H2. The highest BCUT2D eigenvalue weighted by Gasteiger charge is 2.16. The highest BCUT2D eigenvalue weighted by molar-refractivity contribution is 6.30. The van der Waals surface area contributed by atoms with E-state index in [1.807, 2.05) is 24.3 Å². The van der Waals surface area contributed by atoms with Gasteiger partial charge >= 0.3 is 0 Å². The van der Waals surface area contributed by atoms with Gasteiger partial charge in [-0.25, -0.2) is 0 Å². The molecule has 2 N–H and O–H groups in total. The molecule has 2 aromatic carbocycles. The number of rotatable bonds is 3. The summed E-state index contributed by atoms with van der Waals surface area (Å²) in [4.78, 5) is 0. The summed E-state index contributed by atoms with van der Waals surface area (Å²) >= 11 is 6.10. The molecule has 0 atom stereocenters. The molecule has 1 heterocycles. The fraction of sp³-hybridized carbons (Fsp3) is 0.200. The van der Waals surface area contributed by atoms with E-state index in [4.69, 9.17) is 31.5 Å². The first-order valence-corrected chi connectivity index (χ1v) is 6.60. The lowest BCUT2D eigenvalue weighted by atomic mass is 10.1. The van der Waals surface area contributed by atoms with Crippen LogP contribution in [0.3, 0.4) is 0 Å². The SMILES string of the molecule is Nc1ccc(OCc2cc(Cl)cc3c2OCOC3)cc1. The van der Waals surface area contributed by atoms with Crippen LogP contribution in [0, 0.1) is 0 Å². The van der Waals surface area contributed by atoms with Gasteiger partial charge in [0.2, 0.25) is 0 Å². The van der Waals surface area contributed by atoms with Crippen LogP contribution in [0.4, 0.5) is 5.69 Å². The zero-order chi connectivity index (χ0) is 13.9. The first-order chi connectivity index (χ1) is 9.72. The molecule has 5 heteroatoms. The molecule has 0 aromatic heterocycles. The van der Waals surface area contributed by atoms with Gasteiger partial charge in [0.15, 0.2) is 6.79 Å². The van der Waals surface area contributed by atoms with Crippen LogP contribution < -0.4 is 15.2 Å². The summed E-state index contributed by atoms with van der Waals surface area (Å²) in [6, 6.07) is 11.0. The molecular weight excluding hydrogens is 278 g/mol. The summed E-state index contributed by atoms with van der Waals surface area (Å²) in [5.41, 5.74) is 8.20. The summed E-state index contributed by atoms with van der Waals surface area (Å²) in [6.07, 6.45) is 0. The Bertz CT molecular complexity index is 613. The monoisotopic (exact) mass is 291 g/mol. The lowest BCUT2D eigenvalue weighted by molar-refractivity contribution is -0.0175. The van der Waals surface area contributed by atoms with Crippen LogP contribution in [0.5, 0.6) is 11.5 Å². The Hall–Kier alpha value is -1.91. The van der Waals surface area contributed by atoms with Crippen molar-refractivity contribution in [1.82, 2.24) is 0 Å². The maximum atomic E-state index is 6.10. The van der Waals surface area contributed by atoms with E-state index in [1.54, 1.807) is 12.1 Å². The molecule has 0 saturated carbocycles. The van der Waals surface area contributed by atoms with Gasteiger partial charge in [0, 0.05) is 21.8 Å². The predicted octanol–water partition coefficient (Wildman–Crippen LogP) is 3.37. The molecule has 2 aromatic rings. The molecule has 0 fully saturated rings. The summed E-state index contributed by atoms with van der Waals surface area (Å²) in [7, 11) is 0. The minimum Gasteiger partial charge on any atom is -0.489 e. The highest BCUT2D eigenvalue weighted by atomic mass is 35.5. The second-order valence-corrected chi connectivity index (χ2v) is 4.96. The number of nitrogen functional groups attached to an aromatic ring is 1. The van der Waals surface area contributed by atoms with Gasteiger partial charge < -0.3 is 19.9 Å². The highest BCUT2D eigenvalue weighted by Crippen LogP contribution is 2.32. The van der Waals surface area contributed by atoms with E-state index >= 15 is 0 Å². The van der Waals surface area contributed by atoms with Crippen LogP contribution in [-0.4, -0.2) is 6.79 Å². The van der Waals surface area contributed by atoms with Gasteiger partial charge in [-0.1, -0.05) is 11.6 Å². The number of hydrogen-bond donors (Lipinski definition) is 1. The Morgan fingerprint density at radius 2 is 2.00 bits per heavy atom. The lowest BCUT2D eigenvalue weighted by Gasteiger charge is -2.21. The Morgan fingerprint density at radius 1 is 1.20 bits per heavy atom. The van der Waals surface area contributed by atoms with Gasteiger partial charge in [0.25, 0.3) is 0 Å². The number of ether oxygens (including phenoxy) is 3. The van der Waals surface area contributed by atoms with Gasteiger partial charge in [-0.05, 0) is 36.4 Å². The van der Waals surface area contributed by atoms with E-state index in [0.717, 1.165) is 22.6 Å². The Balaban J connectivity index is 1.80. The largest absolute Gasteiger partial charge is 0.489 e. The molecule has 104 valence electrons. The summed E-state index contributed by atoms with van der Waals surface area (Å²) < 4.78 is 16.5. The Labute approximate surface area is 122 Å². The second kappa shape index (κ2) is 5.61. The number of nitrogens with two attached hydrogens (primary N) is 1. The van der Waals surface area contributed by atoms with E-state index < -0.39 is 0 Å². The topological polar surface area (TPSA) is 53.7 Å². The van der Waals surface area contributed by atoms with E-state index in [2.05, 4.69) is 0 Å². The minimum absolute atomic E-state index is 0.253. The van der Waals surface area contributed by atoms with Crippen molar-refractivity contribution in [2.24, 2.45) is 0 Å². The van der Waals surface area contributed by atoms with E-state index in [0.29, 0.717) is 23.9 Å². The van der Waals surface area contributed by atoms with E-state index in [-0.39, 0.29) is 6.79 Å². The van der Waals surface area contributed by atoms with Crippen LogP contribution in [-0.2, 0) is 18.0 Å². The first kappa shape index (κ1) is 13.1. The molecule has 1 aliphatic rings. The van der Waals surface area contributed by atoms with Gasteiger partial charge in [-0.2, -0.15) is 0 Å². The van der Waals surface area contributed by atoms with Crippen molar-refractivity contribution in [3.8, 4) is 11.5 Å². The molecule has 0 unspecified atom stereocenters. The molecule has 0 spiro atoms. The van der Waals surface area contributed by atoms with E-state index in [9.17, 15) is 0 Å². The van der Waals surface area contributed by atoms with Crippen molar-refractivity contribution in [3.05, 3.63) is 52.5 Å². The number of fused-ring (bicyclic) bond motifs is 1. The number of hydrogen-bond acceptors (Lipinski definition) is 4. The molecule has 0 amide bonds. The summed E-state index contributed by atoms with van der Waals surface area (Å²) in [5.74, 6) is 1.55. The Morgan fingerprint density at radius 3 is 2.80 bits per heavy atom. The van der Waals surface area contributed by atoms with Crippen molar-refractivity contribution >= 4 is 17.3 Å². The van der Waals surface area contributed by atoms with Crippen LogP contribution >= 0.6 is 11.6 Å². The minimum atomic E-state index is 0.253. The zero-order valence-electron chi connectivity index (χ0n) is 10.8. The number of benzene rings is 2. The molecule has 0 bridgehead atoms. The maximum absolute atomic E-state index is 6.10. The lowest BCUT2D eigenvalue weighted by Crippen LogP contribution is -2.14. The van der Waals surface area contributed by atoms with Gasteiger partial charge in [-0.3, -0.25) is 0 Å². The number of halogens is 1. The number of anilines is 1. The van der Waals surface area contributed by atoms with Gasteiger partial charge in [0.05, 0.1) is 6.61 Å². The van der Waals surface area contributed by atoms with Gasteiger partial charge in [-0.15, -0.1) is 0 Å². The molecule has 3 rings (SSSR count). The van der Waals surface area contributed by atoms with Crippen LogP contribution in [0.2, 0.25) is 5.02 Å². The fourth-order valence-corrected chi connectivity index (χ4v) is 2.35. The zero-order valence-corrected chi connectivity index (χ0v) is 11.5. The molecule has 0 saturated heterocycles. The summed E-state index contributed by atoms with van der Waals surface area (Å²) in [6.45, 7) is 1.14. The average molecular weight is 292 g/mol. The molecule has 0 aliphatic carbocycles. The van der Waals surface area contributed by atoms with E-state index in [1.165, 1.54) is 0 Å². The predicted molar refractivity (Wildman–Crippen MR) is 76.9 cm³/mol. The van der Waals surface area contributed by atoms with Crippen molar-refractivity contribution in [2.75, 3.05) is 12.5 Å². The van der Waals surface area contributed by atoms with Crippen molar-refractivity contribution < 1.29 is 14.2 Å². The second-order valence-electron chi connectivity index (χ2n) is 4.52. The van der Waals surface area contributed by atoms with Crippen LogP contribution in [0.25, 0.3) is 0 Å². The maximum Gasteiger partial charge on any atom is 0.189 e. The third kappa shape index (κ3) is 2.81. The third-order valence-electron chi connectivity index (χ3n) is 3.03. The van der Waals surface area contributed by atoms with Crippen molar-refractivity contribution in [2.45, 2.75) is 13.2 Å². The average Bonchev–Trinajstić information content (AvgIpc) is 2.46. The molecule has 20 heavy (non-hydrogen) atoms. The normalized spacial score (nSPS) is 13.4. The summed E-state index contributed by atoms with van der Waals surface area (Å²) in [5, 5.41) is 0.647. The molecule has 1 aliphatic heterocycles. The Kier molecular flexibility index (Phi) is 3.67.